The quantitative estimate of drug-likeness (QED) is 0.570. The second-order valence-electron chi connectivity index (χ2n) is 6.46. The van der Waals surface area contributed by atoms with E-state index in [0.717, 1.165) is 17.0 Å². The fourth-order valence-electron chi connectivity index (χ4n) is 3.07. The van der Waals surface area contributed by atoms with Gasteiger partial charge in [-0.15, -0.1) is 0 Å². The predicted molar refractivity (Wildman–Crippen MR) is 93.7 cm³/mol. The Morgan fingerprint density at radius 1 is 1.11 bits per heavy atom. The number of nitrogens with zero attached hydrogens (tertiary/aromatic N) is 1. The van der Waals surface area contributed by atoms with Crippen molar-refractivity contribution in [2.75, 3.05) is 11.4 Å². The van der Waals surface area contributed by atoms with E-state index in [0.29, 0.717) is 11.8 Å². The first-order valence-electron chi connectivity index (χ1n) is 8.25. The lowest BCUT2D eigenvalue weighted by molar-refractivity contribution is -0.143. The van der Waals surface area contributed by atoms with Crippen molar-refractivity contribution in [2.45, 2.75) is 18.5 Å². The summed E-state index contributed by atoms with van der Waals surface area (Å²) in [5.74, 6) is -4.39. The molecule has 2 aromatic carbocycles. The molecule has 0 unspecified atom stereocenters. The van der Waals surface area contributed by atoms with E-state index < -0.39 is 48.0 Å². The number of ketones is 1. The molecule has 0 aromatic heterocycles. The molecule has 1 atom stereocenters. The first-order chi connectivity index (χ1) is 13.2. The number of halogens is 2. The van der Waals surface area contributed by atoms with Gasteiger partial charge in [0.05, 0.1) is 6.42 Å². The number of ether oxygens (including phenoxy) is 1. The molecule has 0 saturated heterocycles. The van der Waals surface area contributed by atoms with Gasteiger partial charge in [0, 0.05) is 18.2 Å². The molecule has 2 heterocycles. The zero-order chi connectivity index (χ0) is 20.5. The number of rotatable bonds is 6. The number of carboxylic acid groups (broad SMARTS) is 1. The molecule has 2 aromatic rings. The summed E-state index contributed by atoms with van der Waals surface area (Å²) >= 11 is 0. The fraction of sp³-hybridized carbons (Fsp3) is 0.211. The van der Waals surface area contributed by atoms with E-state index in [9.17, 15) is 28.3 Å². The Kier molecular flexibility index (Phi) is 5.10. The molecule has 2 aliphatic heterocycles. The van der Waals surface area contributed by atoms with Gasteiger partial charge in [0.2, 0.25) is 0 Å². The number of carbonyl (C=O) groups is 3. The van der Waals surface area contributed by atoms with E-state index in [2.05, 4.69) is 0 Å². The number of carbonyl (C=O) groups excluding carboxylic acids is 2. The highest BCUT2D eigenvalue weighted by atomic mass is 19.1. The van der Waals surface area contributed by atoms with Crippen LogP contribution < -0.4 is 15.4 Å². The van der Waals surface area contributed by atoms with Crippen LogP contribution in [-0.4, -0.2) is 35.0 Å². The van der Waals surface area contributed by atoms with Crippen molar-refractivity contribution in [1.82, 2.24) is 0 Å². The lowest BCUT2D eigenvalue weighted by Crippen LogP contribution is -2.66. The first-order valence-corrected chi connectivity index (χ1v) is 8.25. The van der Waals surface area contributed by atoms with Gasteiger partial charge < -0.3 is 14.7 Å². The number of benzene rings is 2. The third-order valence-electron chi connectivity index (χ3n) is 4.28. The van der Waals surface area contributed by atoms with Crippen LogP contribution in [0.1, 0.15) is 12.0 Å². The molecule has 2 bridgehead atoms. The Labute approximate surface area is 158 Å². The molecule has 9 heteroatoms. The summed E-state index contributed by atoms with van der Waals surface area (Å²) in [4.78, 5) is 37.5. The minimum Gasteiger partial charge on any atom is -0.480 e. The second kappa shape index (κ2) is 7.35. The van der Waals surface area contributed by atoms with Crippen LogP contribution in [0, 0.1) is 11.6 Å². The summed E-state index contributed by atoms with van der Waals surface area (Å²) < 4.78 is 31.8. The number of fused-ring (bicyclic) bond motifs is 5. The van der Waals surface area contributed by atoms with E-state index in [1.54, 1.807) is 0 Å². The third-order valence-corrected chi connectivity index (χ3v) is 4.28. The highest BCUT2D eigenvalue weighted by Crippen LogP contribution is 2.31. The fourth-order valence-corrected chi connectivity index (χ4v) is 3.07. The summed E-state index contributed by atoms with van der Waals surface area (Å²) in [7, 11) is 0. The Bertz CT molecular complexity index is 928. The lowest BCUT2D eigenvalue weighted by atomic mass is 9.96. The first kappa shape index (κ1) is 19.4. The van der Waals surface area contributed by atoms with Crippen molar-refractivity contribution in [1.29, 1.82) is 0 Å². The molecule has 0 saturated carbocycles. The maximum absolute atomic E-state index is 13.3. The van der Waals surface area contributed by atoms with Crippen molar-refractivity contribution >= 4 is 23.4 Å². The molecule has 146 valence electrons. The van der Waals surface area contributed by atoms with E-state index in [-0.39, 0.29) is 17.7 Å². The molecule has 0 spiro atoms. The Hall–Kier alpha value is -3.33. The van der Waals surface area contributed by atoms with Crippen LogP contribution in [0.25, 0.3) is 0 Å². The summed E-state index contributed by atoms with van der Waals surface area (Å²) in [6, 6.07) is 8.62. The molecule has 28 heavy (non-hydrogen) atoms. The molecular weight excluding hydrogens is 374 g/mol. The molecule has 0 amide bonds. The van der Waals surface area contributed by atoms with Crippen LogP contribution in [0.5, 0.6) is 5.75 Å². The zero-order valence-electron chi connectivity index (χ0n) is 14.5. The van der Waals surface area contributed by atoms with Crippen molar-refractivity contribution in [3.05, 3.63) is 59.7 Å². The molecule has 0 radical (unpaired) electrons. The predicted octanol–water partition coefficient (Wildman–Crippen LogP) is 1.63. The second-order valence-corrected chi connectivity index (χ2v) is 6.46. The van der Waals surface area contributed by atoms with Gasteiger partial charge in [0.1, 0.15) is 29.7 Å². The van der Waals surface area contributed by atoms with E-state index in [4.69, 9.17) is 10.5 Å². The van der Waals surface area contributed by atoms with Crippen LogP contribution in [-0.2, 0) is 20.8 Å². The average Bonchev–Trinajstić information content (AvgIpc) is 2.58. The van der Waals surface area contributed by atoms with Crippen molar-refractivity contribution in [2.24, 2.45) is 5.73 Å². The molecular formula is C19H16F2N2O5. The van der Waals surface area contributed by atoms with Gasteiger partial charge in [0.25, 0.3) is 0 Å². The van der Waals surface area contributed by atoms with E-state index in [1.807, 2.05) is 0 Å². The van der Waals surface area contributed by atoms with Gasteiger partial charge in [0.15, 0.2) is 5.66 Å². The summed E-state index contributed by atoms with van der Waals surface area (Å²) in [5.41, 5.74) is 4.47. The highest BCUT2D eigenvalue weighted by molar-refractivity contribution is 5.95. The maximum atomic E-state index is 13.3. The lowest BCUT2D eigenvalue weighted by Gasteiger charge is -2.40. The molecule has 2 aliphatic rings. The number of anilines is 1. The van der Waals surface area contributed by atoms with Gasteiger partial charge in [-0.05, 0) is 42.0 Å². The van der Waals surface area contributed by atoms with Crippen LogP contribution in [0.3, 0.4) is 0 Å². The number of hydrogen-bond donors (Lipinski definition) is 2. The SMILES string of the molecule is N[C@]1(CC(=O)Cc2cc(F)cc(F)c2)C(=O)Oc2ccc(cc2)N1CC(=O)O. The standard InChI is InChI=1S/C19H16F2N2O5/c20-12-5-11(6-13(21)8-12)7-15(24)9-19(22)18(27)28-16-3-1-14(2-4-16)23(19)10-17(25)26/h1-6,8H,7,9-10,22H2,(H,25,26)/t19-/m0/s1. The molecule has 3 N–H and O–H groups in total. The third kappa shape index (κ3) is 3.99. The Morgan fingerprint density at radius 2 is 1.71 bits per heavy atom. The smallest absolute Gasteiger partial charge is 0.352 e. The topological polar surface area (TPSA) is 110 Å². The largest absolute Gasteiger partial charge is 0.480 e. The van der Waals surface area contributed by atoms with E-state index >= 15 is 0 Å². The number of aliphatic carboxylic acids is 1. The minimum atomic E-state index is -2.10. The highest BCUT2D eigenvalue weighted by Gasteiger charge is 2.46. The number of esters is 1. The Balaban J connectivity index is 1.91. The number of nitrogens with two attached hydrogens (primary N) is 1. The maximum Gasteiger partial charge on any atom is 0.352 e. The Morgan fingerprint density at radius 3 is 2.29 bits per heavy atom. The van der Waals surface area contributed by atoms with Gasteiger partial charge >= 0.3 is 11.9 Å². The molecule has 4 rings (SSSR count). The molecule has 0 fully saturated rings. The number of carboxylic acids is 1. The van der Waals surface area contributed by atoms with Gasteiger partial charge in [-0.3, -0.25) is 15.3 Å². The van der Waals surface area contributed by atoms with Crippen LogP contribution >= 0.6 is 0 Å². The molecule has 0 aliphatic carbocycles. The van der Waals surface area contributed by atoms with Crippen molar-refractivity contribution < 1.29 is 33.0 Å². The summed E-state index contributed by atoms with van der Waals surface area (Å²) in [6.07, 6.45) is -1.00. The number of Topliss-reactive ketones (excluding diaryl/α,β-unsaturated/α-hetero) is 1. The van der Waals surface area contributed by atoms with Crippen molar-refractivity contribution in [3.63, 3.8) is 0 Å². The monoisotopic (exact) mass is 390 g/mol. The summed E-state index contributed by atoms with van der Waals surface area (Å²) in [6.45, 7) is -0.660. The van der Waals surface area contributed by atoms with Crippen molar-refractivity contribution in [3.8, 4) is 5.75 Å². The minimum absolute atomic E-state index is 0.0680. The zero-order valence-corrected chi connectivity index (χ0v) is 14.5. The molecule has 7 nitrogen and oxygen atoms in total. The van der Waals surface area contributed by atoms with Gasteiger partial charge in [-0.25, -0.2) is 13.6 Å². The summed E-state index contributed by atoms with van der Waals surface area (Å²) in [5, 5.41) is 9.22. The van der Waals surface area contributed by atoms with Gasteiger partial charge in [-0.2, -0.15) is 0 Å². The van der Waals surface area contributed by atoms with Gasteiger partial charge in [-0.1, -0.05) is 0 Å². The normalized spacial score (nSPS) is 18.4. The average molecular weight is 390 g/mol. The van der Waals surface area contributed by atoms with Crippen LogP contribution in [0.4, 0.5) is 14.5 Å². The van der Waals surface area contributed by atoms with E-state index in [1.165, 1.54) is 24.3 Å². The van der Waals surface area contributed by atoms with Crippen LogP contribution in [0.2, 0.25) is 0 Å². The number of hydrogen-bond acceptors (Lipinski definition) is 6. The van der Waals surface area contributed by atoms with Crippen LogP contribution in [0.15, 0.2) is 42.5 Å².